The lowest BCUT2D eigenvalue weighted by Gasteiger charge is -2.32. The van der Waals surface area contributed by atoms with Crippen LogP contribution in [0.1, 0.15) is 37.7 Å². The Kier molecular flexibility index (Phi) is 3.80. The van der Waals surface area contributed by atoms with Gasteiger partial charge in [0.1, 0.15) is 0 Å². The van der Waals surface area contributed by atoms with Crippen molar-refractivity contribution in [1.29, 1.82) is 0 Å². The zero-order valence-corrected chi connectivity index (χ0v) is 14.1. The molecule has 3 fully saturated rings. The molecule has 0 aromatic heterocycles. The van der Waals surface area contributed by atoms with Gasteiger partial charge in [-0.3, -0.25) is 4.79 Å². The first-order valence-electron chi connectivity index (χ1n) is 9.08. The van der Waals surface area contributed by atoms with Crippen molar-refractivity contribution in [2.75, 3.05) is 42.5 Å². The normalized spacial score (nSPS) is 24.0. The molecular weight excluding hydrogens is 286 g/mol. The van der Waals surface area contributed by atoms with Gasteiger partial charge in [0.25, 0.3) is 0 Å². The molecule has 1 N–H and O–H groups in total. The summed E-state index contributed by atoms with van der Waals surface area (Å²) in [5, 5.41) is 3.38. The van der Waals surface area contributed by atoms with Crippen LogP contribution < -0.4 is 15.1 Å². The maximum absolute atomic E-state index is 13.1. The number of nitrogens with zero attached hydrogens (tertiary/aromatic N) is 2. The summed E-state index contributed by atoms with van der Waals surface area (Å²) >= 11 is 0. The Bertz CT molecular complexity index is 601. The third kappa shape index (κ3) is 2.53. The van der Waals surface area contributed by atoms with E-state index in [9.17, 15) is 4.79 Å². The number of carbonyl (C=O) groups is 1. The average molecular weight is 313 g/mol. The lowest BCUT2D eigenvalue weighted by molar-refractivity contribution is -0.126. The van der Waals surface area contributed by atoms with Crippen LogP contribution in [0.25, 0.3) is 0 Å². The molecule has 3 saturated heterocycles. The van der Waals surface area contributed by atoms with E-state index in [1.165, 1.54) is 24.1 Å². The fourth-order valence-electron chi connectivity index (χ4n) is 4.53. The summed E-state index contributed by atoms with van der Waals surface area (Å²) in [6.45, 7) is 7.31. The first kappa shape index (κ1) is 15.0. The standard InChI is InChI=1S/C19H27N3O/c1-15-14-16(21-11-2-3-12-21)4-5-17(15)22-13-8-19(18(22)23)6-9-20-10-7-19/h4-5,14,20H,2-3,6-13H2,1H3. The number of anilines is 2. The van der Waals surface area contributed by atoms with Crippen LogP contribution in [0.2, 0.25) is 0 Å². The van der Waals surface area contributed by atoms with Gasteiger partial charge >= 0.3 is 0 Å². The van der Waals surface area contributed by atoms with Gasteiger partial charge in [-0.1, -0.05) is 0 Å². The molecule has 0 saturated carbocycles. The van der Waals surface area contributed by atoms with Crippen molar-refractivity contribution in [3.63, 3.8) is 0 Å². The molecule has 1 amide bonds. The van der Waals surface area contributed by atoms with E-state index < -0.39 is 0 Å². The fraction of sp³-hybridized carbons (Fsp3) is 0.632. The molecule has 3 aliphatic heterocycles. The molecule has 0 radical (unpaired) electrons. The molecule has 124 valence electrons. The maximum atomic E-state index is 13.1. The van der Waals surface area contributed by atoms with Gasteiger partial charge in [-0.15, -0.1) is 0 Å². The average Bonchev–Trinajstić information content (AvgIpc) is 3.20. The minimum atomic E-state index is -0.0920. The van der Waals surface area contributed by atoms with Crippen molar-refractivity contribution < 1.29 is 4.79 Å². The van der Waals surface area contributed by atoms with Crippen LogP contribution in [0.15, 0.2) is 18.2 Å². The van der Waals surface area contributed by atoms with Crippen molar-refractivity contribution >= 4 is 17.3 Å². The highest BCUT2D eigenvalue weighted by Crippen LogP contribution is 2.42. The largest absolute Gasteiger partial charge is 0.372 e. The van der Waals surface area contributed by atoms with Crippen LogP contribution >= 0.6 is 0 Å². The summed E-state index contributed by atoms with van der Waals surface area (Å²) < 4.78 is 0. The van der Waals surface area contributed by atoms with E-state index in [-0.39, 0.29) is 5.41 Å². The molecule has 4 nitrogen and oxygen atoms in total. The van der Waals surface area contributed by atoms with Gasteiger partial charge < -0.3 is 15.1 Å². The molecule has 3 heterocycles. The number of piperidine rings is 1. The lowest BCUT2D eigenvalue weighted by Crippen LogP contribution is -2.42. The number of hydrogen-bond acceptors (Lipinski definition) is 3. The number of amides is 1. The van der Waals surface area contributed by atoms with Crippen LogP contribution in [-0.2, 0) is 4.79 Å². The molecule has 0 aliphatic carbocycles. The molecule has 0 bridgehead atoms. The second-order valence-corrected chi connectivity index (χ2v) is 7.40. The third-order valence-electron chi connectivity index (χ3n) is 6.02. The van der Waals surface area contributed by atoms with Gasteiger partial charge in [-0.2, -0.15) is 0 Å². The molecule has 0 unspecified atom stereocenters. The first-order chi connectivity index (χ1) is 11.2. The molecule has 4 heteroatoms. The van der Waals surface area contributed by atoms with Gasteiger partial charge in [-0.25, -0.2) is 0 Å². The third-order valence-corrected chi connectivity index (χ3v) is 6.02. The van der Waals surface area contributed by atoms with Gasteiger partial charge in [0.15, 0.2) is 0 Å². The summed E-state index contributed by atoms with van der Waals surface area (Å²) in [4.78, 5) is 17.6. The van der Waals surface area contributed by atoms with Crippen molar-refractivity contribution in [2.45, 2.75) is 39.0 Å². The van der Waals surface area contributed by atoms with Crippen molar-refractivity contribution in [1.82, 2.24) is 5.32 Å². The van der Waals surface area contributed by atoms with Crippen LogP contribution in [0, 0.1) is 12.3 Å². The zero-order valence-electron chi connectivity index (χ0n) is 14.1. The second-order valence-electron chi connectivity index (χ2n) is 7.40. The number of hydrogen-bond donors (Lipinski definition) is 1. The Hall–Kier alpha value is -1.55. The predicted octanol–water partition coefficient (Wildman–Crippen LogP) is 2.70. The summed E-state index contributed by atoms with van der Waals surface area (Å²) in [5.41, 5.74) is 3.57. The Labute approximate surface area is 138 Å². The number of aryl methyl sites for hydroxylation is 1. The number of rotatable bonds is 2. The highest BCUT2D eigenvalue weighted by atomic mass is 16.2. The highest BCUT2D eigenvalue weighted by molar-refractivity contribution is 6.00. The van der Waals surface area contributed by atoms with Crippen LogP contribution in [0.5, 0.6) is 0 Å². The minimum Gasteiger partial charge on any atom is -0.372 e. The quantitative estimate of drug-likeness (QED) is 0.912. The maximum Gasteiger partial charge on any atom is 0.233 e. The fourth-order valence-corrected chi connectivity index (χ4v) is 4.53. The lowest BCUT2D eigenvalue weighted by atomic mass is 9.77. The Morgan fingerprint density at radius 1 is 1.04 bits per heavy atom. The molecular formula is C19H27N3O. The van der Waals surface area contributed by atoms with Crippen LogP contribution in [0.4, 0.5) is 11.4 Å². The van der Waals surface area contributed by atoms with E-state index in [0.717, 1.165) is 57.7 Å². The van der Waals surface area contributed by atoms with Crippen molar-refractivity contribution in [2.24, 2.45) is 5.41 Å². The number of carbonyl (C=O) groups excluding carboxylic acids is 1. The second kappa shape index (κ2) is 5.82. The molecule has 1 spiro atoms. The van der Waals surface area contributed by atoms with Crippen LogP contribution in [-0.4, -0.2) is 38.6 Å². The minimum absolute atomic E-state index is 0.0920. The zero-order chi connectivity index (χ0) is 15.9. The topological polar surface area (TPSA) is 35.6 Å². The first-order valence-corrected chi connectivity index (χ1v) is 9.08. The highest BCUT2D eigenvalue weighted by Gasteiger charge is 2.47. The summed E-state index contributed by atoms with van der Waals surface area (Å²) in [5.74, 6) is 0.357. The molecule has 23 heavy (non-hydrogen) atoms. The Morgan fingerprint density at radius 2 is 1.78 bits per heavy atom. The van der Waals surface area contributed by atoms with E-state index in [4.69, 9.17) is 0 Å². The van der Waals surface area contributed by atoms with E-state index >= 15 is 0 Å². The molecule has 3 aliphatic rings. The van der Waals surface area contributed by atoms with Gasteiger partial charge in [0, 0.05) is 31.0 Å². The summed E-state index contributed by atoms with van der Waals surface area (Å²) in [6.07, 6.45) is 5.59. The van der Waals surface area contributed by atoms with Gasteiger partial charge in [-0.05, 0) is 75.9 Å². The van der Waals surface area contributed by atoms with E-state index in [1.807, 2.05) is 0 Å². The Balaban J connectivity index is 1.57. The van der Waals surface area contributed by atoms with E-state index in [2.05, 4.69) is 40.2 Å². The molecule has 1 aromatic carbocycles. The molecule has 4 rings (SSSR count). The summed E-state index contributed by atoms with van der Waals surface area (Å²) in [6, 6.07) is 6.64. The SMILES string of the molecule is Cc1cc(N2CCCC2)ccc1N1CCC2(CCNCC2)C1=O. The van der Waals surface area contributed by atoms with Gasteiger partial charge in [0.2, 0.25) is 5.91 Å². The van der Waals surface area contributed by atoms with Crippen LogP contribution in [0.3, 0.4) is 0 Å². The molecule has 1 aromatic rings. The summed E-state index contributed by atoms with van der Waals surface area (Å²) in [7, 11) is 0. The monoisotopic (exact) mass is 313 g/mol. The molecule has 0 atom stereocenters. The number of nitrogens with one attached hydrogen (secondary N) is 1. The number of benzene rings is 1. The van der Waals surface area contributed by atoms with Crippen molar-refractivity contribution in [3.05, 3.63) is 23.8 Å². The van der Waals surface area contributed by atoms with E-state index in [0.29, 0.717) is 5.91 Å². The predicted molar refractivity (Wildman–Crippen MR) is 94.1 cm³/mol. The van der Waals surface area contributed by atoms with E-state index in [1.54, 1.807) is 0 Å². The smallest absolute Gasteiger partial charge is 0.233 e. The van der Waals surface area contributed by atoms with Gasteiger partial charge in [0.05, 0.1) is 5.41 Å². The van der Waals surface area contributed by atoms with Crippen molar-refractivity contribution in [3.8, 4) is 0 Å². The Morgan fingerprint density at radius 3 is 2.48 bits per heavy atom.